The Balaban J connectivity index is 1.85. The fourth-order valence-electron chi connectivity index (χ4n) is 4.37. The molecular weight excluding hydrogens is 372 g/mol. The van der Waals surface area contributed by atoms with Crippen LogP contribution in [0, 0.1) is 6.92 Å². The van der Waals surface area contributed by atoms with Crippen molar-refractivity contribution in [3.05, 3.63) is 95.6 Å². The van der Waals surface area contributed by atoms with E-state index >= 15 is 0 Å². The molecule has 0 saturated heterocycles. The molecule has 30 heavy (non-hydrogen) atoms. The molecule has 4 rings (SSSR count). The van der Waals surface area contributed by atoms with Crippen molar-refractivity contribution in [3.63, 3.8) is 0 Å². The van der Waals surface area contributed by atoms with Crippen LogP contribution in [-0.4, -0.2) is 17.9 Å². The number of aryl methyl sites for hydroxylation is 1. The van der Waals surface area contributed by atoms with E-state index in [2.05, 4.69) is 0 Å². The molecule has 0 bridgehead atoms. The van der Waals surface area contributed by atoms with Crippen LogP contribution in [0.25, 0.3) is 0 Å². The molecule has 1 heterocycles. The quantitative estimate of drug-likeness (QED) is 0.582. The number of fused-ring (bicyclic) bond motifs is 1. The minimum atomic E-state index is -0.164. The first-order chi connectivity index (χ1) is 14.5. The molecule has 0 aliphatic carbocycles. The Bertz CT molecular complexity index is 1060. The molecule has 0 fully saturated rings. The lowest BCUT2D eigenvalue weighted by Gasteiger charge is -2.43. The van der Waals surface area contributed by atoms with Gasteiger partial charge in [-0.25, -0.2) is 0 Å². The van der Waals surface area contributed by atoms with Crippen molar-refractivity contribution in [3.8, 4) is 0 Å². The van der Waals surface area contributed by atoms with Crippen LogP contribution < -0.4 is 9.80 Å². The number of benzene rings is 3. The Kier molecular flexibility index (Phi) is 5.40. The largest absolute Gasteiger partial charge is 0.309 e. The van der Waals surface area contributed by atoms with Crippen molar-refractivity contribution < 1.29 is 9.59 Å². The number of hydrogen-bond acceptors (Lipinski definition) is 2. The van der Waals surface area contributed by atoms with Crippen LogP contribution in [-0.2, 0) is 4.79 Å². The summed E-state index contributed by atoms with van der Waals surface area (Å²) in [6.07, 6.45) is 0.670. The molecule has 3 aromatic rings. The first-order valence-electron chi connectivity index (χ1n) is 10.3. The molecule has 0 radical (unpaired) electrons. The maximum absolute atomic E-state index is 13.7. The number of rotatable bonds is 3. The lowest BCUT2D eigenvalue weighted by atomic mass is 9.89. The molecule has 2 amide bonds. The first-order valence-corrected chi connectivity index (χ1v) is 10.3. The van der Waals surface area contributed by atoms with Gasteiger partial charge < -0.3 is 9.80 Å². The van der Waals surface area contributed by atoms with Gasteiger partial charge in [0.1, 0.15) is 0 Å². The SMILES string of the molecule is CC(=O)N1c2ccccc2[C@@H](N(C(=O)c2ccc(C)cc2)c2ccccc2)C[C@H]1C. The number of hydrogen-bond donors (Lipinski definition) is 0. The Labute approximate surface area is 177 Å². The lowest BCUT2D eigenvalue weighted by molar-refractivity contribution is -0.117. The standard InChI is InChI=1S/C26H26N2O2/c1-18-13-15-21(16-14-18)26(30)28(22-9-5-4-6-10-22)25-17-19(2)27(20(3)29)24-12-8-7-11-23(24)25/h4-16,19,25H,17H2,1-3H3/t19-,25+/m1/s1. The van der Waals surface area contributed by atoms with E-state index in [1.54, 1.807) is 6.92 Å². The summed E-state index contributed by atoms with van der Waals surface area (Å²) in [5.41, 5.74) is 4.50. The zero-order valence-electron chi connectivity index (χ0n) is 17.6. The van der Waals surface area contributed by atoms with E-state index < -0.39 is 0 Å². The van der Waals surface area contributed by atoms with Crippen LogP contribution in [0.3, 0.4) is 0 Å². The van der Waals surface area contributed by atoms with E-state index in [-0.39, 0.29) is 23.9 Å². The Morgan fingerprint density at radius 2 is 1.53 bits per heavy atom. The second-order valence-corrected chi connectivity index (χ2v) is 7.93. The predicted molar refractivity (Wildman–Crippen MR) is 121 cm³/mol. The van der Waals surface area contributed by atoms with Gasteiger partial charge in [-0.05, 0) is 56.2 Å². The smallest absolute Gasteiger partial charge is 0.258 e. The van der Waals surface area contributed by atoms with Crippen molar-refractivity contribution in [2.75, 3.05) is 9.80 Å². The third kappa shape index (κ3) is 3.61. The van der Waals surface area contributed by atoms with E-state index in [9.17, 15) is 9.59 Å². The third-order valence-corrected chi connectivity index (χ3v) is 5.76. The Morgan fingerprint density at radius 3 is 2.20 bits per heavy atom. The van der Waals surface area contributed by atoms with Gasteiger partial charge in [0.25, 0.3) is 5.91 Å². The summed E-state index contributed by atoms with van der Waals surface area (Å²) in [5.74, 6) is -0.0194. The molecule has 3 aromatic carbocycles. The molecule has 2 atom stereocenters. The van der Waals surface area contributed by atoms with Gasteiger partial charge in [0.2, 0.25) is 5.91 Å². The molecule has 0 aromatic heterocycles. The van der Waals surface area contributed by atoms with E-state index in [1.807, 2.05) is 103 Å². The summed E-state index contributed by atoms with van der Waals surface area (Å²) in [5, 5.41) is 0. The van der Waals surface area contributed by atoms with Gasteiger partial charge in [0.05, 0.1) is 6.04 Å². The van der Waals surface area contributed by atoms with Crippen LogP contribution in [0.15, 0.2) is 78.9 Å². The molecule has 0 spiro atoms. The number of para-hydroxylation sites is 2. The summed E-state index contributed by atoms with van der Waals surface area (Å²) in [6.45, 7) is 5.66. The molecule has 0 N–H and O–H groups in total. The topological polar surface area (TPSA) is 40.6 Å². The van der Waals surface area contributed by atoms with Gasteiger partial charge in [-0.1, -0.05) is 54.1 Å². The molecule has 4 nitrogen and oxygen atoms in total. The number of nitrogens with zero attached hydrogens (tertiary/aromatic N) is 2. The van der Waals surface area contributed by atoms with Gasteiger partial charge >= 0.3 is 0 Å². The normalized spacial score (nSPS) is 17.9. The maximum atomic E-state index is 13.7. The summed E-state index contributed by atoms with van der Waals surface area (Å²) in [4.78, 5) is 29.8. The molecule has 152 valence electrons. The van der Waals surface area contributed by atoms with Crippen molar-refractivity contribution in [1.29, 1.82) is 0 Å². The van der Waals surface area contributed by atoms with Gasteiger partial charge in [-0.2, -0.15) is 0 Å². The van der Waals surface area contributed by atoms with Crippen LogP contribution in [0.2, 0.25) is 0 Å². The number of carbonyl (C=O) groups excluding carboxylic acids is 2. The van der Waals surface area contributed by atoms with Crippen LogP contribution in [0.4, 0.5) is 11.4 Å². The van der Waals surface area contributed by atoms with Gasteiger partial charge in [0.15, 0.2) is 0 Å². The zero-order valence-corrected chi connectivity index (χ0v) is 17.6. The van der Waals surface area contributed by atoms with Gasteiger partial charge in [0, 0.05) is 29.9 Å². The van der Waals surface area contributed by atoms with Crippen molar-refractivity contribution in [2.24, 2.45) is 0 Å². The first kappa shape index (κ1) is 19.9. The minimum Gasteiger partial charge on any atom is -0.309 e. The predicted octanol–water partition coefficient (Wildman–Crippen LogP) is 5.53. The average Bonchev–Trinajstić information content (AvgIpc) is 2.75. The zero-order chi connectivity index (χ0) is 21.3. The van der Waals surface area contributed by atoms with Crippen molar-refractivity contribution in [1.82, 2.24) is 0 Å². The van der Waals surface area contributed by atoms with E-state index in [4.69, 9.17) is 0 Å². The van der Waals surface area contributed by atoms with Crippen LogP contribution in [0.1, 0.15) is 47.8 Å². The second kappa shape index (κ2) is 8.15. The van der Waals surface area contributed by atoms with Crippen LogP contribution >= 0.6 is 0 Å². The summed E-state index contributed by atoms with van der Waals surface area (Å²) < 4.78 is 0. The molecule has 0 unspecified atom stereocenters. The third-order valence-electron chi connectivity index (χ3n) is 5.76. The summed E-state index contributed by atoms with van der Waals surface area (Å²) in [6, 6.07) is 25.2. The van der Waals surface area contributed by atoms with E-state index in [1.165, 1.54) is 0 Å². The minimum absolute atomic E-state index is 0.0144. The molecule has 4 heteroatoms. The van der Waals surface area contributed by atoms with Crippen LogP contribution in [0.5, 0.6) is 0 Å². The lowest BCUT2D eigenvalue weighted by Crippen LogP contribution is -2.47. The highest BCUT2D eigenvalue weighted by Crippen LogP contribution is 2.42. The van der Waals surface area contributed by atoms with Gasteiger partial charge in [-0.3, -0.25) is 9.59 Å². The molecular formula is C26H26N2O2. The van der Waals surface area contributed by atoms with E-state index in [0.717, 1.165) is 22.5 Å². The van der Waals surface area contributed by atoms with Gasteiger partial charge in [-0.15, -0.1) is 0 Å². The second-order valence-electron chi connectivity index (χ2n) is 7.93. The van der Waals surface area contributed by atoms with E-state index in [0.29, 0.717) is 12.0 Å². The fourth-order valence-corrected chi connectivity index (χ4v) is 4.37. The average molecular weight is 399 g/mol. The fraction of sp³-hybridized carbons (Fsp3) is 0.231. The Hall–Kier alpha value is -3.40. The van der Waals surface area contributed by atoms with Crippen molar-refractivity contribution >= 4 is 23.2 Å². The highest BCUT2D eigenvalue weighted by atomic mass is 16.2. The summed E-state index contributed by atoms with van der Waals surface area (Å²) in [7, 11) is 0. The summed E-state index contributed by atoms with van der Waals surface area (Å²) >= 11 is 0. The highest BCUT2D eigenvalue weighted by Gasteiger charge is 2.37. The molecule has 1 aliphatic heterocycles. The number of amides is 2. The Morgan fingerprint density at radius 1 is 0.900 bits per heavy atom. The molecule has 1 aliphatic rings. The monoisotopic (exact) mass is 398 g/mol. The number of carbonyl (C=O) groups is 2. The maximum Gasteiger partial charge on any atom is 0.258 e. The van der Waals surface area contributed by atoms with Crippen molar-refractivity contribution in [2.45, 2.75) is 39.3 Å². The molecule has 0 saturated carbocycles. The number of anilines is 2. The highest BCUT2D eigenvalue weighted by molar-refractivity contribution is 6.07.